The molecule has 0 aliphatic heterocycles. The van der Waals surface area contributed by atoms with Crippen LogP contribution in [0.15, 0.2) is 66.9 Å². The zero-order valence-electron chi connectivity index (χ0n) is 15.4. The largest absolute Gasteiger partial charge is 0.494 e. The molecule has 1 amide bonds. The molecule has 0 unspecified atom stereocenters. The molecule has 2 aromatic carbocycles. The van der Waals surface area contributed by atoms with Crippen LogP contribution >= 0.6 is 0 Å². The molecule has 0 atom stereocenters. The first-order valence-corrected chi connectivity index (χ1v) is 8.87. The molecule has 142 valence electrons. The number of nitrogens with one attached hydrogen (secondary N) is 1. The van der Waals surface area contributed by atoms with Crippen LogP contribution in [0.2, 0.25) is 0 Å². The first kappa shape index (κ1) is 19.1. The van der Waals surface area contributed by atoms with E-state index in [2.05, 4.69) is 10.3 Å². The number of carbonyl (C=O) groups excluding carboxylic acids is 2. The molecular weight excluding hydrogens is 356 g/mol. The lowest BCUT2D eigenvalue weighted by molar-refractivity contribution is -0.142. The molecule has 28 heavy (non-hydrogen) atoms. The van der Waals surface area contributed by atoms with Crippen molar-refractivity contribution < 1.29 is 19.1 Å². The number of fused-ring (bicyclic) bond motifs is 1. The maximum Gasteiger partial charge on any atom is 0.331 e. The van der Waals surface area contributed by atoms with E-state index in [0.717, 1.165) is 22.2 Å². The van der Waals surface area contributed by atoms with E-state index in [1.807, 2.05) is 37.3 Å². The Morgan fingerprint density at radius 1 is 1.07 bits per heavy atom. The number of amides is 1. The second kappa shape index (κ2) is 9.32. The van der Waals surface area contributed by atoms with Crippen LogP contribution in [0.5, 0.6) is 5.75 Å². The number of carbonyl (C=O) groups is 2. The molecule has 1 heterocycles. The summed E-state index contributed by atoms with van der Waals surface area (Å²) in [6.07, 6.45) is 4.61. The van der Waals surface area contributed by atoms with Crippen molar-refractivity contribution >= 4 is 34.5 Å². The van der Waals surface area contributed by atoms with Crippen LogP contribution in [-0.2, 0) is 14.3 Å². The lowest BCUT2D eigenvalue weighted by Crippen LogP contribution is -2.20. The quantitative estimate of drug-likeness (QED) is 0.501. The molecule has 6 heteroatoms. The van der Waals surface area contributed by atoms with E-state index < -0.39 is 11.9 Å². The smallest absolute Gasteiger partial charge is 0.331 e. The van der Waals surface area contributed by atoms with E-state index in [4.69, 9.17) is 9.47 Å². The second-order valence-electron chi connectivity index (χ2n) is 5.87. The van der Waals surface area contributed by atoms with Gasteiger partial charge >= 0.3 is 5.97 Å². The number of nitrogens with zero attached hydrogens (tertiary/aromatic N) is 1. The van der Waals surface area contributed by atoms with Gasteiger partial charge in [-0.15, -0.1) is 0 Å². The summed E-state index contributed by atoms with van der Waals surface area (Å²) in [7, 11) is 0. The number of anilines is 1. The molecule has 0 fully saturated rings. The fourth-order valence-corrected chi connectivity index (χ4v) is 2.60. The predicted octanol–water partition coefficient (Wildman–Crippen LogP) is 3.83. The minimum Gasteiger partial charge on any atom is -0.494 e. The van der Waals surface area contributed by atoms with Gasteiger partial charge in [-0.05, 0) is 43.3 Å². The lowest BCUT2D eigenvalue weighted by atomic mass is 10.1. The zero-order valence-corrected chi connectivity index (χ0v) is 15.4. The van der Waals surface area contributed by atoms with E-state index in [0.29, 0.717) is 12.3 Å². The van der Waals surface area contributed by atoms with E-state index in [-0.39, 0.29) is 6.61 Å². The molecule has 0 radical (unpaired) electrons. The number of benzene rings is 2. The highest BCUT2D eigenvalue weighted by atomic mass is 16.5. The average molecular weight is 376 g/mol. The molecular formula is C22H20N2O4. The molecule has 0 saturated heterocycles. The van der Waals surface area contributed by atoms with E-state index in [1.54, 1.807) is 36.5 Å². The number of hydrogen-bond acceptors (Lipinski definition) is 5. The van der Waals surface area contributed by atoms with Crippen LogP contribution < -0.4 is 10.1 Å². The summed E-state index contributed by atoms with van der Waals surface area (Å²) < 4.78 is 10.3. The van der Waals surface area contributed by atoms with Crippen molar-refractivity contribution in [3.05, 3.63) is 72.4 Å². The predicted molar refractivity (Wildman–Crippen MR) is 108 cm³/mol. The standard InChI is InChI=1S/C22H20N2O4/c1-2-27-19-11-9-18(10-12-19)24-20(25)15-28-21(26)13-8-17-6-3-5-16-7-4-14-23-22(16)17/h3-14H,2,15H2,1H3,(H,24,25)/b13-8+. The van der Waals surface area contributed by atoms with Crippen LogP contribution in [0.4, 0.5) is 5.69 Å². The van der Waals surface area contributed by atoms with Crippen molar-refractivity contribution in [3.63, 3.8) is 0 Å². The number of esters is 1. The molecule has 3 rings (SSSR count). The molecule has 6 nitrogen and oxygen atoms in total. The van der Waals surface area contributed by atoms with E-state index >= 15 is 0 Å². The van der Waals surface area contributed by atoms with Crippen molar-refractivity contribution in [1.29, 1.82) is 0 Å². The highest BCUT2D eigenvalue weighted by molar-refractivity contribution is 5.96. The van der Waals surface area contributed by atoms with Crippen molar-refractivity contribution in [3.8, 4) is 5.75 Å². The Morgan fingerprint density at radius 3 is 2.64 bits per heavy atom. The first-order chi connectivity index (χ1) is 13.7. The molecule has 0 aliphatic rings. The van der Waals surface area contributed by atoms with Gasteiger partial charge in [-0.3, -0.25) is 9.78 Å². The van der Waals surface area contributed by atoms with Gasteiger partial charge < -0.3 is 14.8 Å². The summed E-state index contributed by atoms with van der Waals surface area (Å²) in [5, 5.41) is 3.64. The molecule has 3 aromatic rings. The average Bonchev–Trinajstić information content (AvgIpc) is 2.72. The van der Waals surface area contributed by atoms with Gasteiger partial charge in [-0.25, -0.2) is 4.79 Å². The van der Waals surface area contributed by atoms with Gasteiger partial charge in [0.15, 0.2) is 6.61 Å². The minimum atomic E-state index is -0.602. The topological polar surface area (TPSA) is 77.5 Å². The summed E-state index contributed by atoms with van der Waals surface area (Å²) in [5.74, 6) is -0.299. The summed E-state index contributed by atoms with van der Waals surface area (Å²) in [6, 6.07) is 16.4. The van der Waals surface area contributed by atoms with E-state index in [1.165, 1.54) is 6.08 Å². The Labute approximate surface area is 162 Å². The third-order valence-electron chi connectivity index (χ3n) is 3.86. The van der Waals surface area contributed by atoms with Crippen LogP contribution in [-0.4, -0.2) is 30.1 Å². The van der Waals surface area contributed by atoms with Gasteiger partial charge in [-0.2, -0.15) is 0 Å². The molecule has 0 saturated carbocycles. The molecule has 1 N–H and O–H groups in total. The Bertz CT molecular complexity index is 992. The van der Waals surface area contributed by atoms with Crippen molar-refractivity contribution in [2.75, 3.05) is 18.5 Å². The molecule has 0 bridgehead atoms. The van der Waals surface area contributed by atoms with Gasteiger partial charge in [0.05, 0.1) is 12.1 Å². The summed E-state index contributed by atoms with van der Waals surface area (Å²) in [5.41, 5.74) is 2.19. The third kappa shape index (κ3) is 5.17. The molecule has 0 aliphatic carbocycles. The first-order valence-electron chi connectivity index (χ1n) is 8.87. The van der Waals surface area contributed by atoms with Gasteiger partial charge in [0.1, 0.15) is 5.75 Å². The van der Waals surface area contributed by atoms with Crippen molar-refractivity contribution in [1.82, 2.24) is 4.98 Å². The summed E-state index contributed by atoms with van der Waals surface area (Å²) >= 11 is 0. The number of para-hydroxylation sites is 1. The van der Waals surface area contributed by atoms with Crippen LogP contribution in [0.1, 0.15) is 12.5 Å². The number of rotatable bonds is 7. The highest BCUT2D eigenvalue weighted by Crippen LogP contribution is 2.17. The molecule has 1 aromatic heterocycles. The zero-order chi connectivity index (χ0) is 19.8. The maximum absolute atomic E-state index is 11.9. The third-order valence-corrected chi connectivity index (χ3v) is 3.86. The van der Waals surface area contributed by atoms with Crippen LogP contribution in [0.3, 0.4) is 0 Å². The lowest BCUT2D eigenvalue weighted by Gasteiger charge is -2.07. The Balaban J connectivity index is 1.52. The Morgan fingerprint density at radius 2 is 1.86 bits per heavy atom. The monoisotopic (exact) mass is 376 g/mol. The SMILES string of the molecule is CCOc1ccc(NC(=O)COC(=O)/C=C/c2cccc3cccnc23)cc1. The fraction of sp³-hybridized carbons (Fsp3) is 0.136. The Hall–Kier alpha value is -3.67. The number of hydrogen-bond donors (Lipinski definition) is 1. The van der Waals surface area contributed by atoms with Gasteiger partial charge in [-0.1, -0.05) is 24.3 Å². The summed E-state index contributed by atoms with van der Waals surface area (Å²) in [4.78, 5) is 28.1. The minimum absolute atomic E-state index is 0.371. The van der Waals surface area contributed by atoms with Crippen LogP contribution in [0.25, 0.3) is 17.0 Å². The van der Waals surface area contributed by atoms with E-state index in [9.17, 15) is 9.59 Å². The van der Waals surface area contributed by atoms with Gasteiger partial charge in [0.25, 0.3) is 5.91 Å². The summed E-state index contributed by atoms with van der Waals surface area (Å²) in [6.45, 7) is 2.10. The highest BCUT2D eigenvalue weighted by Gasteiger charge is 2.06. The second-order valence-corrected chi connectivity index (χ2v) is 5.87. The van der Waals surface area contributed by atoms with Crippen molar-refractivity contribution in [2.24, 2.45) is 0 Å². The number of ether oxygens (including phenoxy) is 2. The Kier molecular flexibility index (Phi) is 6.36. The van der Waals surface area contributed by atoms with Gasteiger partial charge in [0.2, 0.25) is 0 Å². The van der Waals surface area contributed by atoms with Crippen LogP contribution in [0, 0.1) is 0 Å². The maximum atomic E-state index is 11.9. The number of aromatic nitrogens is 1. The normalized spacial score (nSPS) is 10.8. The molecule has 0 spiro atoms. The fourth-order valence-electron chi connectivity index (χ4n) is 2.60. The van der Waals surface area contributed by atoms with Crippen molar-refractivity contribution in [2.45, 2.75) is 6.92 Å². The number of pyridine rings is 1. The van der Waals surface area contributed by atoms with Gasteiger partial charge in [0, 0.05) is 28.9 Å².